The third kappa shape index (κ3) is 11.7. The van der Waals surface area contributed by atoms with Crippen molar-refractivity contribution in [1.82, 2.24) is 20.4 Å². The zero-order valence-electron chi connectivity index (χ0n) is 24.1. The summed E-state index contributed by atoms with van der Waals surface area (Å²) in [6, 6.07) is 10.9. The molecule has 14 heteroatoms. The molecule has 11 nitrogen and oxygen atoms in total. The van der Waals surface area contributed by atoms with Crippen LogP contribution in [0, 0.1) is 0 Å². The highest BCUT2D eigenvalue weighted by Gasteiger charge is 2.30. The van der Waals surface area contributed by atoms with Crippen molar-refractivity contribution in [3.8, 4) is 0 Å². The molecule has 0 aliphatic rings. The number of halogens is 3. The topological polar surface area (TPSA) is 177 Å². The third-order valence-corrected chi connectivity index (χ3v) is 6.64. The van der Waals surface area contributed by atoms with Crippen molar-refractivity contribution in [3.63, 3.8) is 0 Å². The number of hydrogen-bond acceptors (Lipinski definition) is 7. The lowest BCUT2D eigenvalue weighted by atomic mass is 10.0. The molecule has 0 fully saturated rings. The van der Waals surface area contributed by atoms with Crippen LogP contribution in [-0.4, -0.2) is 91.8 Å². The number of carbonyl (C=O) groups excluding carboxylic acids is 4. The largest absolute Gasteiger partial charge is 0.416 e. The zero-order valence-corrected chi connectivity index (χ0v) is 24.1. The minimum absolute atomic E-state index is 0.00752. The number of alkyl halides is 3. The molecular formula is C29H40F3N7O4. The van der Waals surface area contributed by atoms with Crippen molar-refractivity contribution in [3.05, 3.63) is 71.3 Å². The van der Waals surface area contributed by atoms with E-state index in [0.29, 0.717) is 6.42 Å². The van der Waals surface area contributed by atoms with Crippen molar-refractivity contribution in [1.29, 1.82) is 0 Å². The molecule has 8 N–H and O–H groups in total. The average Bonchev–Trinajstić information content (AvgIpc) is 2.98. The first-order chi connectivity index (χ1) is 20.4. The van der Waals surface area contributed by atoms with Crippen LogP contribution in [0.1, 0.15) is 34.3 Å². The van der Waals surface area contributed by atoms with E-state index >= 15 is 0 Å². The summed E-state index contributed by atoms with van der Waals surface area (Å²) in [5.74, 6) is -2.10. The number of amides is 4. The number of nitrogens with one attached hydrogen (secondary N) is 2. The molecule has 2 aromatic carbocycles. The van der Waals surface area contributed by atoms with Crippen molar-refractivity contribution in [2.45, 2.75) is 37.5 Å². The predicted octanol–water partition coefficient (Wildman–Crippen LogP) is 0.475. The van der Waals surface area contributed by atoms with Crippen LogP contribution >= 0.6 is 0 Å². The Morgan fingerprint density at radius 1 is 0.907 bits per heavy atom. The summed E-state index contributed by atoms with van der Waals surface area (Å²) in [5, 5.41) is 5.23. The number of hydrogen-bond donors (Lipinski definition) is 5. The van der Waals surface area contributed by atoms with Gasteiger partial charge in [0.25, 0.3) is 5.91 Å². The Hall–Kier alpha value is -4.01. The summed E-state index contributed by atoms with van der Waals surface area (Å²) in [6.07, 6.45) is -4.11. The van der Waals surface area contributed by atoms with Crippen LogP contribution in [0.4, 0.5) is 13.2 Å². The molecule has 0 saturated heterocycles. The van der Waals surface area contributed by atoms with Gasteiger partial charge in [-0.05, 0) is 42.7 Å². The Kier molecular flexibility index (Phi) is 14.1. The van der Waals surface area contributed by atoms with E-state index in [4.69, 9.17) is 17.2 Å². The van der Waals surface area contributed by atoms with Gasteiger partial charge in [0.2, 0.25) is 17.7 Å². The van der Waals surface area contributed by atoms with Gasteiger partial charge in [-0.25, -0.2) is 0 Å². The van der Waals surface area contributed by atoms with Gasteiger partial charge in [0.1, 0.15) is 6.04 Å². The number of benzene rings is 2. The molecule has 2 atom stereocenters. The lowest BCUT2D eigenvalue weighted by molar-refractivity contribution is -0.138. The molecule has 0 unspecified atom stereocenters. The Morgan fingerprint density at radius 3 is 2.07 bits per heavy atom. The van der Waals surface area contributed by atoms with Crippen LogP contribution in [0.3, 0.4) is 0 Å². The molecular weight excluding hydrogens is 567 g/mol. The maximum Gasteiger partial charge on any atom is 0.416 e. The van der Waals surface area contributed by atoms with E-state index in [1.807, 2.05) is 30.3 Å². The summed E-state index contributed by atoms with van der Waals surface area (Å²) in [5.41, 5.74) is 17.2. The summed E-state index contributed by atoms with van der Waals surface area (Å²) < 4.78 is 38.3. The molecule has 0 aliphatic heterocycles. The fourth-order valence-corrected chi connectivity index (χ4v) is 4.20. The van der Waals surface area contributed by atoms with E-state index in [0.717, 1.165) is 29.8 Å². The van der Waals surface area contributed by atoms with E-state index in [2.05, 4.69) is 10.6 Å². The van der Waals surface area contributed by atoms with Crippen LogP contribution in [0.25, 0.3) is 0 Å². The highest BCUT2D eigenvalue weighted by molar-refractivity contribution is 5.94. The number of rotatable bonds is 16. The van der Waals surface area contributed by atoms with E-state index < -0.39 is 41.5 Å². The van der Waals surface area contributed by atoms with E-state index in [1.54, 1.807) is 0 Å². The number of nitrogens with two attached hydrogens (primary N) is 3. The van der Waals surface area contributed by atoms with Crippen LogP contribution in [0.15, 0.2) is 54.6 Å². The van der Waals surface area contributed by atoms with Gasteiger partial charge < -0.3 is 37.6 Å². The van der Waals surface area contributed by atoms with Gasteiger partial charge in [0.05, 0.1) is 18.0 Å². The molecule has 0 aromatic heterocycles. The van der Waals surface area contributed by atoms with Gasteiger partial charge in [0, 0.05) is 51.9 Å². The molecule has 2 rings (SSSR count). The minimum Gasteiger partial charge on any atom is -0.350 e. The molecule has 236 valence electrons. The quantitative estimate of drug-likeness (QED) is 0.184. The Bertz CT molecular complexity index is 1190. The third-order valence-electron chi connectivity index (χ3n) is 6.64. The molecule has 2 aromatic rings. The Balaban J connectivity index is 2.01. The monoisotopic (exact) mass is 607 g/mol. The SMILES string of the molecule is CN(CCNC(=O)c1ccc(C(F)(F)F)cc1)C(=O)[C@H](CCc1ccccc1)NC(=O)[C@@H](N)CC(=O)N(CCN)CCN. The molecule has 0 spiro atoms. The number of likely N-dealkylation sites (N-methyl/N-ethyl adjacent to an activating group) is 1. The summed E-state index contributed by atoms with van der Waals surface area (Å²) in [7, 11) is 1.50. The first-order valence-corrected chi connectivity index (χ1v) is 13.9. The van der Waals surface area contributed by atoms with Crippen LogP contribution < -0.4 is 27.8 Å². The van der Waals surface area contributed by atoms with Crippen LogP contribution in [0.2, 0.25) is 0 Å². The maximum absolute atomic E-state index is 13.3. The molecule has 4 amide bonds. The number of aryl methyl sites for hydroxylation is 1. The van der Waals surface area contributed by atoms with Crippen LogP contribution in [-0.2, 0) is 27.0 Å². The molecule has 0 radical (unpaired) electrons. The van der Waals surface area contributed by atoms with Gasteiger partial charge in [-0.2, -0.15) is 13.2 Å². The van der Waals surface area contributed by atoms with Gasteiger partial charge in [-0.3, -0.25) is 19.2 Å². The minimum atomic E-state index is -4.51. The molecule has 43 heavy (non-hydrogen) atoms. The first-order valence-electron chi connectivity index (χ1n) is 13.9. The predicted molar refractivity (Wildman–Crippen MR) is 155 cm³/mol. The highest BCUT2D eigenvalue weighted by atomic mass is 19.4. The van der Waals surface area contributed by atoms with E-state index in [1.165, 1.54) is 16.8 Å². The maximum atomic E-state index is 13.3. The molecule has 0 saturated carbocycles. The first kappa shape index (κ1) is 35.2. The number of carbonyl (C=O) groups is 4. The van der Waals surface area contributed by atoms with Crippen molar-refractivity contribution < 1.29 is 32.3 Å². The standard InChI is InChI=1S/C29H40F3N7O4/c1-38(18-15-36-26(41)21-8-10-22(11-9-21)29(30,31)32)28(43)24(12-7-20-5-3-2-4-6-20)37-27(42)23(35)19-25(40)39(16-13-33)17-14-34/h2-6,8-11,23-24H,7,12-19,33-35H2,1H3,(H,36,41)(H,37,42)/t23-,24-/m0/s1. The lowest BCUT2D eigenvalue weighted by Gasteiger charge is -2.27. The molecule has 0 heterocycles. The number of nitrogens with zero attached hydrogens (tertiary/aromatic N) is 2. The van der Waals surface area contributed by atoms with Crippen molar-refractivity contribution in [2.75, 3.05) is 46.3 Å². The average molecular weight is 608 g/mol. The van der Waals surface area contributed by atoms with Crippen molar-refractivity contribution >= 4 is 23.6 Å². The van der Waals surface area contributed by atoms with Crippen molar-refractivity contribution in [2.24, 2.45) is 17.2 Å². The summed E-state index contributed by atoms with van der Waals surface area (Å²) >= 11 is 0. The Morgan fingerprint density at radius 2 is 1.51 bits per heavy atom. The second-order valence-corrected chi connectivity index (χ2v) is 9.95. The van der Waals surface area contributed by atoms with Gasteiger partial charge in [-0.1, -0.05) is 30.3 Å². The van der Waals surface area contributed by atoms with Gasteiger partial charge >= 0.3 is 6.18 Å². The Labute approximate surface area is 248 Å². The van der Waals surface area contributed by atoms with Crippen LogP contribution in [0.5, 0.6) is 0 Å². The summed E-state index contributed by atoms with van der Waals surface area (Å²) in [6.45, 7) is 1.04. The fraction of sp³-hybridized carbons (Fsp3) is 0.448. The van der Waals surface area contributed by atoms with E-state index in [-0.39, 0.29) is 63.6 Å². The van der Waals surface area contributed by atoms with E-state index in [9.17, 15) is 32.3 Å². The second-order valence-electron chi connectivity index (χ2n) is 9.95. The fourth-order valence-electron chi connectivity index (χ4n) is 4.20. The van der Waals surface area contributed by atoms with Gasteiger partial charge in [0.15, 0.2) is 0 Å². The second kappa shape index (κ2) is 17.2. The highest BCUT2D eigenvalue weighted by Crippen LogP contribution is 2.29. The normalized spacial score (nSPS) is 12.6. The lowest BCUT2D eigenvalue weighted by Crippen LogP contribution is -2.54. The molecule has 0 aliphatic carbocycles. The summed E-state index contributed by atoms with van der Waals surface area (Å²) in [4.78, 5) is 54.0. The molecule has 0 bridgehead atoms. The van der Waals surface area contributed by atoms with Gasteiger partial charge in [-0.15, -0.1) is 0 Å². The zero-order chi connectivity index (χ0) is 32.0. The smallest absolute Gasteiger partial charge is 0.350 e.